The van der Waals surface area contributed by atoms with Crippen molar-refractivity contribution >= 4 is 30.8 Å². The lowest BCUT2D eigenvalue weighted by Crippen LogP contribution is -2.16. The number of allylic oxidation sites excluding steroid dienone is 1. The van der Waals surface area contributed by atoms with E-state index in [1.54, 1.807) is 6.20 Å². The zero-order valence-electron chi connectivity index (χ0n) is 20.3. The fourth-order valence-corrected chi connectivity index (χ4v) is 4.33. The Balaban J connectivity index is 1.54. The second-order valence-corrected chi connectivity index (χ2v) is 9.22. The summed E-state index contributed by atoms with van der Waals surface area (Å²) < 4.78 is 21.4. The summed E-state index contributed by atoms with van der Waals surface area (Å²) in [6.45, 7) is 3.70. The molecule has 0 aliphatic rings. The highest BCUT2D eigenvalue weighted by molar-refractivity contribution is 7.32. The highest BCUT2D eigenvalue weighted by Gasteiger charge is 2.14. The summed E-state index contributed by atoms with van der Waals surface area (Å²) in [5.41, 5.74) is 5.08. The van der Waals surface area contributed by atoms with Crippen LogP contribution in [0.1, 0.15) is 49.6 Å². The molecule has 9 heteroatoms. The molecule has 0 aliphatic heterocycles. The van der Waals surface area contributed by atoms with E-state index in [1.165, 1.54) is 5.57 Å². The van der Waals surface area contributed by atoms with E-state index in [1.807, 2.05) is 48.5 Å². The van der Waals surface area contributed by atoms with E-state index in [2.05, 4.69) is 39.6 Å². The Morgan fingerprint density at radius 1 is 1.11 bits per heavy atom. The molecule has 0 bridgehead atoms. The van der Waals surface area contributed by atoms with Gasteiger partial charge in [0.05, 0.1) is 12.1 Å². The fraction of sp³-hybridized carbons (Fsp3) is 0.296. The zero-order valence-corrected chi connectivity index (χ0v) is 21.3. The number of nitrogens with zero attached hydrogens (tertiary/aromatic N) is 3. The molecular formula is C27H31N4O4P. The van der Waals surface area contributed by atoms with Crippen LogP contribution in [0.3, 0.4) is 0 Å². The molecule has 0 aliphatic carbocycles. The normalized spacial score (nSPS) is 12.8. The van der Waals surface area contributed by atoms with Gasteiger partial charge in [0.15, 0.2) is 0 Å². The first-order valence-corrected chi connectivity index (χ1v) is 13.4. The average molecular weight is 507 g/mol. The maximum Gasteiger partial charge on any atom is 0.316 e. The van der Waals surface area contributed by atoms with E-state index in [0.29, 0.717) is 31.3 Å². The third kappa shape index (κ3) is 6.95. The number of nitrogens with one attached hydrogen (secondary N) is 1. The van der Waals surface area contributed by atoms with Gasteiger partial charge in [0.25, 0.3) is 0 Å². The van der Waals surface area contributed by atoms with Crippen molar-refractivity contribution in [3.05, 3.63) is 77.8 Å². The largest absolute Gasteiger partial charge is 0.417 e. The van der Waals surface area contributed by atoms with Crippen LogP contribution in [0.2, 0.25) is 0 Å². The minimum Gasteiger partial charge on any atom is -0.417 e. The van der Waals surface area contributed by atoms with Crippen LogP contribution in [0.25, 0.3) is 34.0 Å². The molecule has 4 rings (SSSR count). The van der Waals surface area contributed by atoms with Gasteiger partial charge in [0, 0.05) is 29.8 Å². The van der Waals surface area contributed by atoms with E-state index >= 15 is 0 Å². The molecule has 0 amide bonds. The third-order valence-electron chi connectivity index (χ3n) is 5.81. The first kappa shape index (κ1) is 25.9. The van der Waals surface area contributed by atoms with Crippen LogP contribution < -0.4 is 5.32 Å². The van der Waals surface area contributed by atoms with Crippen LogP contribution in [-0.4, -0.2) is 33.2 Å². The smallest absolute Gasteiger partial charge is 0.316 e. The summed E-state index contributed by atoms with van der Waals surface area (Å²) in [6, 6.07) is 18.2. The Hall–Kier alpha value is -3.16. The van der Waals surface area contributed by atoms with Gasteiger partial charge in [0.2, 0.25) is 11.8 Å². The van der Waals surface area contributed by atoms with Crippen molar-refractivity contribution in [1.82, 2.24) is 20.5 Å². The van der Waals surface area contributed by atoms with Crippen LogP contribution in [0.4, 0.5) is 0 Å². The summed E-state index contributed by atoms with van der Waals surface area (Å²) in [7, 11) is -2.87. The lowest BCUT2D eigenvalue weighted by Gasteiger charge is -2.10. The second-order valence-electron chi connectivity index (χ2n) is 8.40. The first-order chi connectivity index (χ1) is 17.7. The van der Waals surface area contributed by atoms with Gasteiger partial charge in [-0.1, -0.05) is 55.8 Å². The Kier molecular flexibility index (Phi) is 9.53. The van der Waals surface area contributed by atoms with Crippen molar-refractivity contribution < 1.29 is 18.4 Å². The summed E-state index contributed by atoms with van der Waals surface area (Å²) in [6.07, 6.45) is 7.53. The van der Waals surface area contributed by atoms with E-state index < -0.39 is 8.25 Å². The van der Waals surface area contributed by atoms with Crippen molar-refractivity contribution in [2.75, 3.05) is 13.2 Å². The predicted octanol–water partition coefficient (Wildman–Crippen LogP) is 5.89. The maximum atomic E-state index is 10.6. The lowest BCUT2D eigenvalue weighted by atomic mass is 10.00. The average Bonchev–Trinajstić information content (AvgIpc) is 3.37. The highest BCUT2D eigenvalue weighted by atomic mass is 31.1. The van der Waals surface area contributed by atoms with Gasteiger partial charge in [-0.05, 0) is 54.6 Å². The number of rotatable bonds is 13. The molecule has 0 spiro atoms. The number of hydrogen-bond acceptors (Lipinski definition) is 7. The zero-order chi connectivity index (χ0) is 25.2. The number of unbranched alkanes of at least 4 members (excludes halogenated alkanes) is 1. The second kappa shape index (κ2) is 13.2. The van der Waals surface area contributed by atoms with Crippen LogP contribution in [0, 0.1) is 0 Å². The van der Waals surface area contributed by atoms with E-state index in [-0.39, 0.29) is 6.61 Å². The summed E-state index contributed by atoms with van der Waals surface area (Å²) in [4.78, 5) is 13.3. The van der Waals surface area contributed by atoms with Crippen LogP contribution in [0.15, 0.2) is 65.2 Å². The molecule has 2 aromatic carbocycles. The van der Waals surface area contributed by atoms with Crippen LogP contribution in [-0.2, 0) is 15.6 Å². The standard InChI is InChI=1S/C27H31N4O4P/c1-2-3-9-21(20-10-5-4-6-11-20)18-25-30-31-27(35-25)24-14-13-22(26-23(24)12-7-16-29-26)19-28-15-8-17-34-36(32)33/h4-7,10-14,16,18,28,36H,2-3,8-9,15,17,19H2,1H3,(H,32,33)/b21-18+. The number of hydrogen-bond donors (Lipinski definition) is 2. The van der Waals surface area contributed by atoms with Gasteiger partial charge >= 0.3 is 8.25 Å². The Morgan fingerprint density at radius 2 is 1.97 bits per heavy atom. The Morgan fingerprint density at radius 3 is 2.78 bits per heavy atom. The van der Waals surface area contributed by atoms with Crippen molar-refractivity contribution in [2.45, 2.75) is 39.2 Å². The van der Waals surface area contributed by atoms with Crippen LogP contribution in [0.5, 0.6) is 0 Å². The Labute approximate surface area is 211 Å². The molecule has 1 atom stereocenters. The summed E-state index contributed by atoms with van der Waals surface area (Å²) in [5.74, 6) is 0.938. The van der Waals surface area contributed by atoms with E-state index in [0.717, 1.165) is 46.9 Å². The van der Waals surface area contributed by atoms with Crippen LogP contribution >= 0.6 is 8.25 Å². The molecule has 0 radical (unpaired) electrons. The Bertz CT molecular complexity index is 1320. The lowest BCUT2D eigenvalue weighted by molar-refractivity contribution is 0.276. The number of aromatic nitrogens is 3. The molecule has 2 heterocycles. The fourth-order valence-electron chi connectivity index (χ4n) is 4.01. The predicted molar refractivity (Wildman–Crippen MR) is 142 cm³/mol. The quantitative estimate of drug-likeness (QED) is 0.171. The number of fused-ring (bicyclic) bond motifs is 1. The first-order valence-electron chi connectivity index (χ1n) is 12.2. The molecule has 0 fully saturated rings. The van der Waals surface area contributed by atoms with Crippen molar-refractivity contribution in [2.24, 2.45) is 0 Å². The van der Waals surface area contributed by atoms with E-state index in [4.69, 9.17) is 13.8 Å². The molecule has 188 valence electrons. The van der Waals surface area contributed by atoms with Crippen molar-refractivity contribution in [3.8, 4) is 11.5 Å². The van der Waals surface area contributed by atoms with Crippen molar-refractivity contribution in [3.63, 3.8) is 0 Å². The molecule has 8 nitrogen and oxygen atoms in total. The molecule has 2 aromatic heterocycles. The number of benzene rings is 2. The molecule has 0 saturated carbocycles. The third-order valence-corrected chi connectivity index (χ3v) is 6.26. The topological polar surface area (TPSA) is 110 Å². The van der Waals surface area contributed by atoms with Gasteiger partial charge in [-0.15, -0.1) is 10.2 Å². The van der Waals surface area contributed by atoms with E-state index in [9.17, 15) is 4.57 Å². The molecule has 2 N–H and O–H groups in total. The summed E-state index contributed by atoms with van der Waals surface area (Å²) in [5, 5.41) is 12.9. The summed E-state index contributed by atoms with van der Waals surface area (Å²) >= 11 is 0. The number of pyridine rings is 1. The monoisotopic (exact) mass is 506 g/mol. The minimum atomic E-state index is -2.87. The molecule has 36 heavy (non-hydrogen) atoms. The van der Waals surface area contributed by atoms with Crippen molar-refractivity contribution in [1.29, 1.82) is 0 Å². The van der Waals surface area contributed by atoms with Gasteiger partial charge in [-0.25, -0.2) is 0 Å². The van der Waals surface area contributed by atoms with Gasteiger partial charge in [0.1, 0.15) is 0 Å². The SMILES string of the molecule is CCCC/C(=C\c1nnc(-c2ccc(CNCCCO[PH](=O)O)c3ncccc23)o1)c1ccccc1. The molecule has 0 saturated heterocycles. The molecular weight excluding hydrogens is 475 g/mol. The maximum absolute atomic E-state index is 10.6. The van der Waals surface area contributed by atoms with Gasteiger partial charge in [-0.2, -0.15) is 0 Å². The molecule has 4 aromatic rings. The molecule has 1 unspecified atom stereocenters. The van der Waals surface area contributed by atoms with Gasteiger partial charge in [-0.3, -0.25) is 9.55 Å². The minimum absolute atomic E-state index is 0.248. The highest BCUT2D eigenvalue weighted by Crippen LogP contribution is 2.30. The van der Waals surface area contributed by atoms with Gasteiger partial charge < -0.3 is 19.2 Å².